The highest BCUT2D eigenvalue weighted by Crippen LogP contribution is 2.12. The van der Waals surface area contributed by atoms with Gasteiger partial charge in [-0.15, -0.1) is 0 Å². The Labute approximate surface area is 91.9 Å². The molecule has 1 aromatic carbocycles. The fourth-order valence-corrected chi connectivity index (χ4v) is 1.61. The molecule has 0 heterocycles. The maximum atomic E-state index is 8.94. The molecule has 0 saturated heterocycles. The molecule has 15 heavy (non-hydrogen) atoms. The Bertz CT molecular complexity index is 313. The van der Waals surface area contributed by atoms with E-state index in [1.807, 2.05) is 18.2 Å². The van der Waals surface area contributed by atoms with Gasteiger partial charge in [0.15, 0.2) is 0 Å². The summed E-state index contributed by atoms with van der Waals surface area (Å²) in [6.07, 6.45) is 1.94. The van der Waals surface area contributed by atoms with Crippen LogP contribution in [0.15, 0.2) is 30.3 Å². The van der Waals surface area contributed by atoms with Gasteiger partial charge in [0.05, 0.1) is 12.1 Å². The minimum atomic E-state index is -0.0368. The molecule has 0 aliphatic heterocycles. The molecule has 0 aliphatic rings. The van der Waals surface area contributed by atoms with Crippen molar-refractivity contribution in [1.29, 1.82) is 5.26 Å². The van der Waals surface area contributed by atoms with E-state index in [9.17, 15) is 0 Å². The highest BCUT2D eigenvalue weighted by molar-refractivity contribution is 5.18. The molecule has 0 bridgehead atoms. The van der Waals surface area contributed by atoms with E-state index in [1.165, 1.54) is 5.56 Å². The first-order chi connectivity index (χ1) is 7.27. The first kappa shape index (κ1) is 11.7. The Kier molecular flexibility index (Phi) is 4.86. The van der Waals surface area contributed by atoms with Gasteiger partial charge in [-0.1, -0.05) is 43.7 Å². The van der Waals surface area contributed by atoms with E-state index in [0.717, 1.165) is 12.8 Å². The summed E-state index contributed by atoms with van der Waals surface area (Å²) in [7, 11) is 0. The molecule has 80 valence electrons. The Morgan fingerprint density at radius 1 is 1.33 bits per heavy atom. The van der Waals surface area contributed by atoms with Crippen LogP contribution in [0.4, 0.5) is 0 Å². The second-order valence-electron chi connectivity index (χ2n) is 3.77. The summed E-state index contributed by atoms with van der Waals surface area (Å²) in [5, 5.41) is 12.3. The van der Waals surface area contributed by atoms with Gasteiger partial charge in [-0.2, -0.15) is 5.26 Å². The van der Waals surface area contributed by atoms with E-state index in [2.05, 4.69) is 37.4 Å². The number of nitrogens with one attached hydrogen (secondary N) is 1. The average molecular weight is 202 g/mol. The van der Waals surface area contributed by atoms with Crippen LogP contribution in [0.2, 0.25) is 0 Å². The summed E-state index contributed by atoms with van der Waals surface area (Å²) >= 11 is 0. The minimum absolute atomic E-state index is 0.0368. The topological polar surface area (TPSA) is 35.8 Å². The van der Waals surface area contributed by atoms with Gasteiger partial charge in [0.1, 0.15) is 0 Å². The summed E-state index contributed by atoms with van der Waals surface area (Å²) in [5.41, 5.74) is 1.23. The van der Waals surface area contributed by atoms with E-state index in [4.69, 9.17) is 5.26 Å². The van der Waals surface area contributed by atoms with Gasteiger partial charge < -0.3 is 0 Å². The van der Waals surface area contributed by atoms with Crippen LogP contribution < -0.4 is 5.32 Å². The highest BCUT2D eigenvalue weighted by Gasteiger charge is 2.10. The van der Waals surface area contributed by atoms with Gasteiger partial charge in [0, 0.05) is 6.04 Å². The first-order valence-electron chi connectivity index (χ1n) is 5.48. The third-order valence-electron chi connectivity index (χ3n) is 2.48. The van der Waals surface area contributed by atoms with Crippen LogP contribution in [0.5, 0.6) is 0 Å². The van der Waals surface area contributed by atoms with Crippen LogP contribution >= 0.6 is 0 Å². The molecule has 0 amide bonds. The summed E-state index contributed by atoms with van der Waals surface area (Å²) in [5.74, 6) is 0. The zero-order valence-corrected chi connectivity index (χ0v) is 9.40. The number of benzene rings is 1. The SMILES string of the molecule is CCC[C@H](C#N)N[C@H](C)c1ccccc1. The van der Waals surface area contributed by atoms with Crippen LogP contribution in [-0.4, -0.2) is 6.04 Å². The molecule has 1 aromatic rings. The molecule has 1 N–H and O–H groups in total. The molecule has 0 aliphatic carbocycles. The minimum Gasteiger partial charge on any atom is -0.295 e. The fourth-order valence-electron chi connectivity index (χ4n) is 1.61. The molecular weight excluding hydrogens is 184 g/mol. The molecule has 0 spiro atoms. The average Bonchev–Trinajstić information content (AvgIpc) is 2.29. The molecular formula is C13H18N2. The van der Waals surface area contributed by atoms with Crippen LogP contribution in [-0.2, 0) is 0 Å². The van der Waals surface area contributed by atoms with Crippen molar-refractivity contribution in [2.24, 2.45) is 0 Å². The van der Waals surface area contributed by atoms with Crippen molar-refractivity contribution < 1.29 is 0 Å². The zero-order chi connectivity index (χ0) is 11.1. The van der Waals surface area contributed by atoms with Crippen LogP contribution in [0, 0.1) is 11.3 Å². The summed E-state index contributed by atoms with van der Waals surface area (Å²) in [6, 6.07) is 12.7. The second kappa shape index (κ2) is 6.21. The Balaban J connectivity index is 2.55. The third-order valence-corrected chi connectivity index (χ3v) is 2.48. The van der Waals surface area contributed by atoms with Crippen molar-refractivity contribution in [2.45, 2.75) is 38.8 Å². The summed E-state index contributed by atoms with van der Waals surface area (Å²) in [4.78, 5) is 0. The maximum Gasteiger partial charge on any atom is 0.0957 e. The van der Waals surface area contributed by atoms with Crippen molar-refractivity contribution in [3.63, 3.8) is 0 Å². The van der Waals surface area contributed by atoms with E-state index in [1.54, 1.807) is 0 Å². The molecule has 0 unspecified atom stereocenters. The first-order valence-corrected chi connectivity index (χ1v) is 5.48. The Morgan fingerprint density at radius 3 is 2.53 bits per heavy atom. The van der Waals surface area contributed by atoms with Gasteiger partial charge >= 0.3 is 0 Å². The van der Waals surface area contributed by atoms with Crippen molar-refractivity contribution in [3.8, 4) is 6.07 Å². The van der Waals surface area contributed by atoms with Crippen molar-refractivity contribution in [3.05, 3.63) is 35.9 Å². The highest BCUT2D eigenvalue weighted by atomic mass is 14.9. The standard InChI is InChI=1S/C13H18N2/c1-3-7-13(10-14)15-11(2)12-8-5-4-6-9-12/h4-6,8-9,11,13,15H,3,7H2,1-2H3/t11-,13-/m1/s1. The maximum absolute atomic E-state index is 8.94. The van der Waals surface area contributed by atoms with Crippen LogP contribution in [0.3, 0.4) is 0 Å². The molecule has 0 radical (unpaired) electrons. The van der Waals surface area contributed by atoms with E-state index < -0.39 is 0 Å². The molecule has 2 nitrogen and oxygen atoms in total. The van der Waals surface area contributed by atoms with Gasteiger partial charge in [0.25, 0.3) is 0 Å². The molecule has 1 rings (SSSR count). The molecule has 2 atom stereocenters. The molecule has 2 heteroatoms. The Morgan fingerprint density at radius 2 is 2.00 bits per heavy atom. The van der Waals surface area contributed by atoms with Crippen LogP contribution in [0.1, 0.15) is 38.3 Å². The predicted molar refractivity (Wildman–Crippen MR) is 62.3 cm³/mol. The molecule has 0 saturated carbocycles. The number of rotatable bonds is 5. The summed E-state index contributed by atoms with van der Waals surface area (Å²) < 4.78 is 0. The molecule has 0 fully saturated rings. The van der Waals surface area contributed by atoms with Crippen molar-refractivity contribution >= 4 is 0 Å². The van der Waals surface area contributed by atoms with Gasteiger partial charge in [-0.25, -0.2) is 0 Å². The van der Waals surface area contributed by atoms with E-state index >= 15 is 0 Å². The number of hydrogen-bond acceptors (Lipinski definition) is 2. The zero-order valence-electron chi connectivity index (χ0n) is 9.40. The summed E-state index contributed by atoms with van der Waals surface area (Å²) in [6.45, 7) is 4.19. The van der Waals surface area contributed by atoms with Crippen molar-refractivity contribution in [2.75, 3.05) is 0 Å². The lowest BCUT2D eigenvalue weighted by Crippen LogP contribution is -2.30. The van der Waals surface area contributed by atoms with E-state index in [0.29, 0.717) is 0 Å². The van der Waals surface area contributed by atoms with Crippen molar-refractivity contribution in [1.82, 2.24) is 5.32 Å². The number of nitriles is 1. The molecule has 0 aromatic heterocycles. The lowest BCUT2D eigenvalue weighted by Gasteiger charge is -2.17. The quantitative estimate of drug-likeness (QED) is 0.796. The third kappa shape index (κ3) is 3.73. The monoisotopic (exact) mass is 202 g/mol. The smallest absolute Gasteiger partial charge is 0.0957 e. The van der Waals surface area contributed by atoms with Gasteiger partial charge in [-0.05, 0) is 18.9 Å². The number of nitrogens with zero attached hydrogens (tertiary/aromatic N) is 1. The lowest BCUT2D eigenvalue weighted by atomic mass is 10.1. The van der Waals surface area contributed by atoms with Crippen LogP contribution in [0.25, 0.3) is 0 Å². The number of hydrogen-bond donors (Lipinski definition) is 1. The van der Waals surface area contributed by atoms with Gasteiger partial charge in [0.2, 0.25) is 0 Å². The Hall–Kier alpha value is -1.33. The normalized spacial score (nSPS) is 14.2. The largest absolute Gasteiger partial charge is 0.295 e. The lowest BCUT2D eigenvalue weighted by molar-refractivity contribution is 0.491. The van der Waals surface area contributed by atoms with Gasteiger partial charge in [-0.3, -0.25) is 5.32 Å². The fraction of sp³-hybridized carbons (Fsp3) is 0.462. The second-order valence-corrected chi connectivity index (χ2v) is 3.77. The van der Waals surface area contributed by atoms with E-state index in [-0.39, 0.29) is 12.1 Å². The predicted octanol–water partition coefficient (Wildman–Crippen LogP) is 3.03.